The van der Waals surface area contributed by atoms with Crippen molar-refractivity contribution in [2.24, 2.45) is 0 Å². The highest BCUT2D eigenvalue weighted by Gasteiger charge is 2.17. The summed E-state index contributed by atoms with van der Waals surface area (Å²) in [6.07, 6.45) is 0. The number of halogens is 1. The normalized spacial score (nSPS) is 9.77. The fourth-order valence-electron chi connectivity index (χ4n) is 0.830. The zero-order valence-corrected chi connectivity index (χ0v) is 8.50. The average Bonchev–Trinajstić information content (AvgIpc) is 2.04. The van der Waals surface area contributed by atoms with E-state index in [9.17, 15) is 10.1 Å². The van der Waals surface area contributed by atoms with Crippen LogP contribution in [-0.4, -0.2) is 22.1 Å². The van der Waals surface area contributed by atoms with E-state index < -0.39 is 12.0 Å². The maximum atomic E-state index is 10.4. The molecule has 13 heavy (non-hydrogen) atoms. The van der Waals surface area contributed by atoms with Gasteiger partial charge in [-0.2, -0.15) is 0 Å². The van der Waals surface area contributed by atoms with Crippen molar-refractivity contribution in [2.75, 3.05) is 0 Å². The Morgan fingerprint density at radius 2 is 2.08 bits per heavy atom. The highest BCUT2D eigenvalue weighted by molar-refractivity contribution is 14.1. The minimum Gasteiger partial charge on any atom is -0.423 e. The fourth-order valence-corrected chi connectivity index (χ4v) is 1.36. The van der Waals surface area contributed by atoms with Gasteiger partial charge < -0.3 is 10.0 Å². The number of hydrogen-bond acceptors (Lipinski definition) is 4. The molecule has 68 valence electrons. The topological polar surface area (TPSA) is 83.6 Å². The maximum Gasteiger partial charge on any atom is 0.488 e. The van der Waals surface area contributed by atoms with Crippen LogP contribution in [0.25, 0.3) is 0 Å². The molecule has 0 fully saturated rings. The molecule has 0 saturated heterocycles. The summed E-state index contributed by atoms with van der Waals surface area (Å²) in [5.74, 6) is 0. The van der Waals surface area contributed by atoms with Gasteiger partial charge in [0.15, 0.2) is 0 Å². The third-order valence-electron chi connectivity index (χ3n) is 1.47. The molecule has 5 nitrogen and oxygen atoms in total. The third kappa shape index (κ3) is 2.39. The van der Waals surface area contributed by atoms with Crippen LogP contribution in [0.2, 0.25) is 0 Å². The van der Waals surface area contributed by atoms with E-state index in [1.807, 2.05) is 22.6 Å². The zero-order valence-electron chi connectivity index (χ0n) is 6.35. The lowest BCUT2D eigenvalue weighted by Crippen LogP contribution is -2.29. The first-order valence-corrected chi connectivity index (χ1v) is 4.40. The maximum absolute atomic E-state index is 10.4. The van der Waals surface area contributed by atoms with Gasteiger partial charge in [0.05, 0.1) is 8.49 Å². The van der Waals surface area contributed by atoms with Gasteiger partial charge in [-0.05, 0) is 34.1 Å². The number of nitro benzene ring substituents is 1. The Morgan fingerprint density at radius 3 is 2.54 bits per heavy atom. The molecule has 0 radical (unpaired) electrons. The molecule has 7 heteroatoms. The van der Waals surface area contributed by atoms with Crippen molar-refractivity contribution in [3.63, 3.8) is 0 Å². The first kappa shape index (κ1) is 10.4. The molecule has 2 N–H and O–H groups in total. The Hall–Kier alpha value is -0.665. The van der Waals surface area contributed by atoms with Crippen molar-refractivity contribution in [1.29, 1.82) is 0 Å². The second-order valence-corrected chi connectivity index (χ2v) is 3.50. The Balaban J connectivity index is 3.19. The minimum absolute atomic E-state index is 0.118. The number of rotatable bonds is 2. The van der Waals surface area contributed by atoms with Crippen molar-refractivity contribution in [3.05, 3.63) is 31.9 Å². The predicted molar refractivity (Wildman–Crippen MR) is 55.6 cm³/mol. The quantitative estimate of drug-likeness (QED) is 0.344. The summed E-state index contributed by atoms with van der Waals surface area (Å²) in [6, 6.07) is 4.04. The van der Waals surface area contributed by atoms with Crippen LogP contribution in [0.15, 0.2) is 18.2 Å². The molecule has 1 aromatic rings. The molecular formula is C6H5BINO4. The van der Waals surface area contributed by atoms with Gasteiger partial charge in [0.2, 0.25) is 0 Å². The van der Waals surface area contributed by atoms with Crippen LogP contribution < -0.4 is 5.46 Å². The van der Waals surface area contributed by atoms with Gasteiger partial charge in [0.25, 0.3) is 5.69 Å². The van der Waals surface area contributed by atoms with Crippen LogP contribution in [0.5, 0.6) is 0 Å². The van der Waals surface area contributed by atoms with Gasteiger partial charge in [-0.1, -0.05) is 6.07 Å². The van der Waals surface area contributed by atoms with Gasteiger partial charge in [0.1, 0.15) is 0 Å². The van der Waals surface area contributed by atoms with Crippen LogP contribution in [0, 0.1) is 13.7 Å². The molecule has 0 aliphatic heterocycles. The molecule has 0 aromatic heterocycles. The lowest BCUT2D eigenvalue weighted by Gasteiger charge is -1.99. The summed E-state index contributed by atoms with van der Waals surface area (Å²) in [7, 11) is -1.67. The molecular weight excluding hydrogens is 288 g/mol. The van der Waals surface area contributed by atoms with Crippen LogP contribution in [0.1, 0.15) is 0 Å². The highest BCUT2D eigenvalue weighted by Crippen LogP contribution is 2.18. The number of nitrogens with zero attached hydrogens (tertiary/aromatic N) is 1. The molecule has 0 aliphatic carbocycles. The van der Waals surface area contributed by atoms with E-state index in [4.69, 9.17) is 10.0 Å². The first-order valence-electron chi connectivity index (χ1n) is 3.32. The molecule has 0 atom stereocenters. The van der Waals surface area contributed by atoms with E-state index in [2.05, 4.69) is 0 Å². The van der Waals surface area contributed by atoms with Gasteiger partial charge in [0, 0.05) is 6.07 Å². The SMILES string of the molecule is O=[N+]([O-])c1cc(B(O)O)ccc1I. The number of nitro groups is 1. The minimum atomic E-state index is -1.67. The Labute approximate surface area is 87.8 Å². The third-order valence-corrected chi connectivity index (χ3v) is 2.38. The monoisotopic (exact) mass is 293 g/mol. The summed E-state index contributed by atoms with van der Waals surface area (Å²) in [4.78, 5) is 9.87. The standard InChI is InChI=1S/C6H5BINO4/c8-5-2-1-4(7(10)11)3-6(5)9(12)13/h1-3,10-11H. The summed E-state index contributed by atoms with van der Waals surface area (Å²) in [5.41, 5.74) is -0.00156. The van der Waals surface area contributed by atoms with Crippen molar-refractivity contribution < 1.29 is 15.0 Å². The molecule has 0 amide bonds. The van der Waals surface area contributed by atoms with E-state index in [1.54, 1.807) is 0 Å². The van der Waals surface area contributed by atoms with Crippen molar-refractivity contribution in [3.8, 4) is 0 Å². The molecule has 0 saturated carbocycles. The lowest BCUT2D eigenvalue weighted by molar-refractivity contribution is -0.385. The van der Waals surface area contributed by atoms with E-state index in [-0.39, 0.29) is 11.2 Å². The molecule has 1 rings (SSSR count). The zero-order chi connectivity index (χ0) is 10.0. The summed E-state index contributed by atoms with van der Waals surface area (Å²) < 4.78 is 0.465. The van der Waals surface area contributed by atoms with Crippen LogP contribution >= 0.6 is 22.6 Å². The summed E-state index contributed by atoms with van der Waals surface area (Å²) in [5, 5.41) is 27.9. The molecule has 0 unspecified atom stereocenters. The number of benzene rings is 1. The largest absolute Gasteiger partial charge is 0.488 e. The van der Waals surface area contributed by atoms with Crippen molar-refractivity contribution in [1.82, 2.24) is 0 Å². The Bertz CT molecular complexity index is 343. The molecule has 1 aromatic carbocycles. The molecule has 0 bridgehead atoms. The van der Waals surface area contributed by atoms with E-state index >= 15 is 0 Å². The predicted octanol–water partition coefficient (Wildman–Crippen LogP) is -0.121. The average molecular weight is 293 g/mol. The van der Waals surface area contributed by atoms with Crippen LogP contribution in [0.4, 0.5) is 5.69 Å². The first-order chi connectivity index (χ1) is 6.02. The van der Waals surface area contributed by atoms with Crippen LogP contribution in [0.3, 0.4) is 0 Å². The van der Waals surface area contributed by atoms with E-state index in [0.29, 0.717) is 3.57 Å². The molecule has 0 heterocycles. The molecule has 0 spiro atoms. The lowest BCUT2D eigenvalue weighted by atomic mass is 9.80. The van der Waals surface area contributed by atoms with E-state index in [0.717, 1.165) is 6.07 Å². The summed E-state index contributed by atoms with van der Waals surface area (Å²) >= 11 is 1.81. The Kier molecular flexibility index (Phi) is 3.23. The highest BCUT2D eigenvalue weighted by atomic mass is 127. The van der Waals surface area contributed by atoms with E-state index in [1.165, 1.54) is 12.1 Å². The van der Waals surface area contributed by atoms with Gasteiger partial charge in [-0.3, -0.25) is 10.1 Å². The second kappa shape index (κ2) is 4.03. The summed E-state index contributed by atoms with van der Waals surface area (Å²) in [6.45, 7) is 0. The van der Waals surface area contributed by atoms with Gasteiger partial charge in [-0.25, -0.2) is 0 Å². The van der Waals surface area contributed by atoms with Gasteiger partial charge >= 0.3 is 7.12 Å². The van der Waals surface area contributed by atoms with Crippen LogP contribution in [-0.2, 0) is 0 Å². The fraction of sp³-hybridized carbons (Fsp3) is 0. The molecule has 0 aliphatic rings. The van der Waals surface area contributed by atoms with Crippen molar-refractivity contribution in [2.45, 2.75) is 0 Å². The number of hydrogen-bond donors (Lipinski definition) is 2. The van der Waals surface area contributed by atoms with Gasteiger partial charge in [-0.15, -0.1) is 0 Å². The van der Waals surface area contributed by atoms with Crippen molar-refractivity contribution >= 4 is 40.9 Å². The second-order valence-electron chi connectivity index (χ2n) is 2.34. The smallest absolute Gasteiger partial charge is 0.423 e. The Morgan fingerprint density at radius 1 is 1.46 bits per heavy atom.